The minimum atomic E-state index is -3.95. The van der Waals surface area contributed by atoms with Crippen molar-refractivity contribution in [1.82, 2.24) is 4.72 Å². The van der Waals surface area contributed by atoms with Crippen molar-refractivity contribution in [2.24, 2.45) is 17.8 Å². The minimum Gasteiger partial charge on any atom is -0.617 e. The third-order valence-corrected chi connectivity index (χ3v) is 13.3. The molecule has 5 rings (SSSR count). The van der Waals surface area contributed by atoms with Gasteiger partial charge in [-0.25, -0.2) is 13.1 Å². The summed E-state index contributed by atoms with van der Waals surface area (Å²) in [6, 6.07) is 11.0. The Morgan fingerprint density at radius 2 is 1.91 bits per heavy atom. The van der Waals surface area contributed by atoms with Crippen LogP contribution in [0.15, 0.2) is 36.4 Å². The lowest BCUT2D eigenvalue weighted by atomic mass is 9.62. The fourth-order valence-electron chi connectivity index (χ4n) is 7.23. The summed E-state index contributed by atoms with van der Waals surface area (Å²) in [6.45, 7) is 5.24. The highest BCUT2D eigenvalue weighted by molar-refractivity contribution is 7.90. The van der Waals surface area contributed by atoms with Crippen molar-refractivity contribution in [1.29, 1.82) is 0 Å². The molecule has 1 aliphatic carbocycles. The number of hydrogen-bond acceptors (Lipinski definition) is 7. The first kappa shape index (κ1) is 34.4. The number of benzene rings is 2. The molecule has 0 saturated heterocycles. The first-order chi connectivity index (χ1) is 21.4. The van der Waals surface area contributed by atoms with Crippen LogP contribution < -0.4 is 14.4 Å². The maximum Gasteiger partial charge on any atom is 0.264 e. The molecule has 2 aliphatic heterocycles. The van der Waals surface area contributed by atoms with Crippen LogP contribution in [0.5, 0.6) is 5.75 Å². The smallest absolute Gasteiger partial charge is 0.264 e. The number of hydrogen-bond donors (Lipinski definition) is 2. The number of anilines is 1. The number of sulfonamides is 1. The zero-order valence-corrected chi connectivity index (χ0v) is 29.0. The largest absolute Gasteiger partial charge is 0.617 e. The van der Waals surface area contributed by atoms with Crippen LogP contribution in [0.4, 0.5) is 5.69 Å². The van der Waals surface area contributed by atoms with Gasteiger partial charge in [-0.15, -0.1) is 0 Å². The fourth-order valence-corrected chi connectivity index (χ4v) is 9.37. The van der Waals surface area contributed by atoms with Crippen LogP contribution in [-0.2, 0) is 34.2 Å². The van der Waals surface area contributed by atoms with E-state index < -0.39 is 38.0 Å². The van der Waals surface area contributed by atoms with E-state index in [4.69, 9.17) is 16.3 Å². The number of rotatable bonds is 3. The first-order valence-corrected chi connectivity index (χ1v) is 19.9. The number of nitrogens with zero attached hydrogens (tertiary/aromatic N) is 1. The van der Waals surface area contributed by atoms with Crippen molar-refractivity contribution in [3.8, 4) is 5.75 Å². The number of nitrogens with one attached hydrogen (secondary N) is 1. The second-order valence-corrected chi connectivity index (χ2v) is 17.4. The molecule has 0 spiro atoms. The van der Waals surface area contributed by atoms with Crippen LogP contribution in [0.3, 0.4) is 0 Å². The SMILES string of the molecule is C[C@@H]1[C@@H](C)CCC[C@@](O)(CC[S@+](C)[O-])[C@@H]2CC[C@H]2CN2CCCCc3cc(Cl)ccc3COc3ccc(cc32)C(=O)NS1(=O)=O. The molecule has 3 aliphatic rings. The van der Waals surface area contributed by atoms with E-state index in [1.54, 1.807) is 31.4 Å². The summed E-state index contributed by atoms with van der Waals surface area (Å²) in [5.41, 5.74) is 2.24. The molecule has 2 aromatic rings. The topological polar surface area (TPSA) is 119 Å². The summed E-state index contributed by atoms with van der Waals surface area (Å²) >= 11 is 5.30. The van der Waals surface area contributed by atoms with Gasteiger partial charge in [-0.05, 0) is 111 Å². The maximum absolute atomic E-state index is 13.4. The van der Waals surface area contributed by atoms with Gasteiger partial charge in [0.15, 0.2) is 0 Å². The predicted molar refractivity (Wildman–Crippen MR) is 181 cm³/mol. The van der Waals surface area contributed by atoms with E-state index in [9.17, 15) is 22.9 Å². The molecule has 0 aromatic heterocycles. The molecular weight excluding hydrogens is 632 g/mol. The summed E-state index contributed by atoms with van der Waals surface area (Å²) in [5, 5.41) is 12.1. The summed E-state index contributed by atoms with van der Waals surface area (Å²) in [7, 11) is -3.95. The Morgan fingerprint density at radius 1 is 1.11 bits per heavy atom. The Labute approximate surface area is 276 Å². The second kappa shape index (κ2) is 14.4. The molecule has 1 fully saturated rings. The molecule has 6 atom stereocenters. The van der Waals surface area contributed by atoms with E-state index in [2.05, 4.69) is 9.62 Å². The highest BCUT2D eigenvalue weighted by Crippen LogP contribution is 2.47. The van der Waals surface area contributed by atoms with Gasteiger partial charge in [-0.1, -0.05) is 42.2 Å². The van der Waals surface area contributed by atoms with Crippen LogP contribution in [0, 0.1) is 17.8 Å². The van der Waals surface area contributed by atoms with Crippen molar-refractivity contribution in [2.75, 3.05) is 30.0 Å². The zero-order valence-electron chi connectivity index (χ0n) is 26.6. The van der Waals surface area contributed by atoms with Gasteiger partial charge < -0.3 is 19.3 Å². The summed E-state index contributed by atoms with van der Waals surface area (Å²) in [4.78, 5) is 15.7. The van der Waals surface area contributed by atoms with Gasteiger partial charge in [0.1, 0.15) is 18.1 Å². The Bertz CT molecular complexity index is 1470. The highest BCUT2D eigenvalue weighted by atomic mass is 35.5. The molecule has 2 N–H and O–H groups in total. The van der Waals surface area contributed by atoms with Gasteiger partial charge in [-0.2, -0.15) is 0 Å². The third-order valence-electron chi connectivity index (χ3n) is 10.4. The molecule has 2 heterocycles. The zero-order chi connectivity index (χ0) is 32.4. The van der Waals surface area contributed by atoms with Crippen molar-refractivity contribution in [3.63, 3.8) is 0 Å². The maximum atomic E-state index is 13.4. The Morgan fingerprint density at radius 3 is 2.64 bits per heavy atom. The lowest BCUT2D eigenvalue weighted by Gasteiger charge is -2.49. The third kappa shape index (κ3) is 8.12. The van der Waals surface area contributed by atoms with E-state index >= 15 is 0 Å². The Hall–Kier alpha value is -1.98. The number of amides is 1. The average molecular weight is 679 g/mol. The quantitative estimate of drug-likeness (QED) is 0.391. The van der Waals surface area contributed by atoms with E-state index in [-0.39, 0.29) is 23.3 Å². The lowest BCUT2D eigenvalue weighted by molar-refractivity contribution is -0.0902. The molecule has 2 aromatic carbocycles. The van der Waals surface area contributed by atoms with Gasteiger partial charge in [0.05, 0.1) is 22.8 Å². The van der Waals surface area contributed by atoms with Gasteiger partial charge >= 0.3 is 0 Å². The molecule has 8 nitrogen and oxygen atoms in total. The molecule has 11 heteroatoms. The number of carbonyl (C=O) groups excluding carboxylic acids is 1. The van der Waals surface area contributed by atoms with Crippen LogP contribution in [0.1, 0.15) is 86.7 Å². The van der Waals surface area contributed by atoms with Gasteiger partial charge in [0.2, 0.25) is 10.0 Å². The monoisotopic (exact) mass is 678 g/mol. The second-order valence-electron chi connectivity index (χ2n) is 13.4. The van der Waals surface area contributed by atoms with Gasteiger partial charge in [0, 0.05) is 30.1 Å². The van der Waals surface area contributed by atoms with Crippen molar-refractivity contribution in [2.45, 2.75) is 89.1 Å². The summed E-state index contributed by atoms with van der Waals surface area (Å²) in [5.74, 6) is 0.441. The Balaban J connectivity index is 1.54. The molecule has 248 valence electrons. The van der Waals surface area contributed by atoms with Crippen molar-refractivity contribution >= 4 is 44.4 Å². The van der Waals surface area contributed by atoms with Crippen LogP contribution >= 0.6 is 11.6 Å². The molecule has 45 heavy (non-hydrogen) atoms. The lowest BCUT2D eigenvalue weighted by Crippen LogP contribution is -2.51. The van der Waals surface area contributed by atoms with Crippen molar-refractivity contribution in [3.05, 3.63) is 58.1 Å². The van der Waals surface area contributed by atoms with Crippen molar-refractivity contribution < 1.29 is 27.6 Å². The number of carbonyl (C=O) groups is 1. The fraction of sp³-hybridized carbons (Fsp3) is 0.618. The normalized spacial score (nSPS) is 29.9. The summed E-state index contributed by atoms with van der Waals surface area (Å²) in [6.07, 6.45) is 8.48. The van der Waals surface area contributed by atoms with Crippen LogP contribution in [0.25, 0.3) is 0 Å². The van der Waals surface area contributed by atoms with Crippen LogP contribution in [0.2, 0.25) is 5.02 Å². The van der Waals surface area contributed by atoms with E-state index in [0.717, 1.165) is 48.9 Å². The molecule has 1 amide bonds. The molecule has 1 saturated carbocycles. The minimum absolute atomic E-state index is 0.0471. The van der Waals surface area contributed by atoms with E-state index in [1.807, 2.05) is 25.1 Å². The number of ether oxygens (including phenoxy) is 1. The molecule has 2 bridgehead atoms. The standard InChI is InChI=1S/C34H47ClN2O6S2/c1-23-7-6-15-34(39,16-18-44(3)40)30-13-10-27(30)21-37-17-5-4-8-25-19-29(35)12-9-28(25)22-43-32-14-11-26(20-31(32)37)33(38)36-45(41,42)24(23)2/h9,11-12,14,19-20,23-24,27,30,39H,4-8,10,13,15-18,21-22H2,1-3H3,(H,36,38)/t23-,24+,27-,30+,34+,44-/m0/s1. The van der Waals surface area contributed by atoms with Gasteiger partial charge in [-0.3, -0.25) is 4.79 Å². The Kier molecular flexibility index (Phi) is 11.0. The first-order valence-electron chi connectivity index (χ1n) is 16.2. The van der Waals surface area contributed by atoms with Gasteiger partial charge in [0.25, 0.3) is 5.91 Å². The molecule has 0 radical (unpaired) electrons. The number of aliphatic hydroxyl groups is 1. The molecular formula is C34H47ClN2O6S2. The van der Waals surface area contributed by atoms with E-state index in [0.29, 0.717) is 61.9 Å². The number of aryl methyl sites for hydroxylation is 1. The highest BCUT2D eigenvalue weighted by Gasteiger charge is 2.47. The van der Waals surface area contributed by atoms with Crippen LogP contribution in [-0.4, -0.2) is 59.9 Å². The predicted octanol–water partition coefficient (Wildman–Crippen LogP) is 5.86. The number of halogens is 1. The average Bonchev–Trinajstić information content (AvgIpc) is 3.00. The molecule has 0 unspecified atom stereocenters. The number of fused-ring (bicyclic) bond motifs is 3. The summed E-state index contributed by atoms with van der Waals surface area (Å²) < 4.78 is 47.5. The van der Waals surface area contributed by atoms with E-state index in [1.165, 1.54) is 0 Å².